The van der Waals surface area contributed by atoms with Crippen molar-refractivity contribution >= 4 is 27.5 Å². The molecule has 0 radical (unpaired) electrons. The molecule has 82 valence electrons. The minimum Gasteiger partial charge on any atom is -0.325 e. The first-order chi connectivity index (χ1) is 7.75. The van der Waals surface area contributed by atoms with Crippen LogP contribution in [0.5, 0.6) is 0 Å². The summed E-state index contributed by atoms with van der Waals surface area (Å²) in [4.78, 5) is 12.6. The third-order valence-corrected chi connectivity index (χ3v) is 3.63. The van der Waals surface area contributed by atoms with Gasteiger partial charge >= 0.3 is 0 Å². The molecule has 6 heteroatoms. The van der Waals surface area contributed by atoms with E-state index >= 15 is 0 Å². The number of hydrogen-bond donors (Lipinski definition) is 0. The van der Waals surface area contributed by atoms with Crippen LogP contribution in [0.2, 0.25) is 5.15 Å². The first kappa shape index (κ1) is 10.2. The van der Waals surface area contributed by atoms with Gasteiger partial charge in [-0.15, -0.1) is 0 Å². The molecule has 0 bridgehead atoms. The molecule has 1 aliphatic carbocycles. The van der Waals surface area contributed by atoms with E-state index in [1.165, 1.54) is 12.8 Å². The SMILES string of the molecule is Clc1nc(-c2cncn2C2CC2)ncc1Br. The van der Waals surface area contributed by atoms with Gasteiger partial charge in [0.2, 0.25) is 0 Å². The topological polar surface area (TPSA) is 43.6 Å². The Hall–Kier alpha value is -0.940. The van der Waals surface area contributed by atoms with E-state index in [4.69, 9.17) is 11.6 Å². The molecule has 0 N–H and O–H groups in total. The molecule has 0 amide bonds. The van der Waals surface area contributed by atoms with Crippen LogP contribution in [-0.2, 0) is 0 Å². The Labute approximate surface area is 106 Å². The van der Waals surface area contributed by atoms with Gasteiger partial charge in [0.1, 0.15) is 10.8 Å². The van der Waals surface area contributed by atoms with Crippen molar-refractivity contribution in [2.45, 2.75) is 18.9 Å². The van der Waals surface area contributed by atoms with Crippen LogP contribution in [0, 0.1) is 0 Å². The minimum absolute atomic E-state index is 0.425. The van der Waals surface area contributed by atoms with Crippen molar-refractivity contribution in [3.05, 3.63) is 28.3 Å². The van der Waals surface area contributed by atoms with Gasteiger partial charge < -0.3 is 4.57 Å². The van der Waals surface area contributed by atoms with Crippen LogP contribution in [0.15, 0.2) is 23.2 Å². The standard InChI is InChI=1S/C10H8BrClN4/c11-7-3-14-10(15-9(7)12)8-4-13-5-16(8)6-1-2-6/h3-6H,1-2H2. The molecule has 0 saturated heterocycles. The van der Waals surface area contributed by atoms with Crippen LogP contribution >= 0.6 is 27.5 Å². The van der Waals surface area contributed by atoms with E-state index in [2.05, 4.69) is 35.4 Å². The predicted molar refractivity (Wildman–Crippen MR) is 64.2 cm³/mol. The van der Waals surface area contributed by atoms with Crippen molar-refractivity contribution in [2.75, 3.05) is 0 Å². The van der Waals surface area contributed by atoms with E-state index in [0.717, 1.165) is 5.69 Å². The molecule has 2 aromatic heterocycles. The predicted octanol–water partition coefficient (Wildman–Crippen LogP) is 3.09. The van der Waals surface area contributed by atoms with Crippen LogP contribution < -0.4 is 0 Å². The molecule has 3 rings (SSSR count). The quantitative estimate of drug-likeness (QED) is 0.800. The number of nitrogens with zero attached hydrogens (tertiary/aromatic N) is 4. The number of imidazole rings is 1. The van der Waals surface area contributed by atoms with Gasteiger partial charge in [0.25, 0.3) is 0 Å². The van der Waals surface area contributed by atoms with Crippen molar-refractivity contribution < 1.29 is 0 Å². The molecule has 0 spiro atoms. The maximum Gasteiger partial charge on any atom is 0.179 e. The molecule has 2 heterocycles. The van der Waals surface area contributed by atoms with Crippen LogP contribution in [0.25, 0.3) is 11.5 Å². The van der Waals surface area contributed by atoms with Crippen molar-refractivity contribution in [3.63, 3.8) is 0 Å². The van der Waals surface area contributed by atoms with Crippen molar-refractivity contribution in [2.24, 2.45) is 0 Å². The molecule has 0 aromatic carbocycles. The lowest BCUT2D eigenvalue weighted by molar-refractivity contribution is 0.743. The summed E-state index contributed by atoms with van der Waals surface area (Å²) in [7, 11) is 0. The third-order valence-electron chi connectivity index (χ3n) is 2.54. The summed E-state index contributed by atoms with van der Waals surface area (Å²) in [5.41, 5.74) is 0.928. The van der Waals surface area contributed by atoms with Crippen molar-refractivity contribution in [1.82, 2.24) is 19.5 Å². The largest absolute Gasteiger partial charge is 0.325 e. The molecule has 2 aromatic rings. The maximum absolute atomic E-state index is 5.95. The van der Waals surface area contributed by atoms with Gasteiger partial charge in [-0.05, 0) is 28.8 Å². The molecule has 0 aliphatic heterocycles. The van der Waals surface area contributed by atoms with Gasteiger partial charge in [-0.3, -0.25) is 0 Å². The second kappa shape index (κ2) is 3.82. The molecule has 4 nitrogen and oxygen atoms in total. The Morgan fingerprint density at radius 1 is 1.38 bits per heavy atom. The van der Waals surface area contributed by atoms with Gasteiger partial charge in [0.05, 0.1) is 17.0 Å². The van der Waals surface area contributed by atoms with Gasteiger partial charge in [-0.2, -0.15) is 0 Å². The van der Waals surface area contributed by atoms with Gasteiger partial charge in [-0.25, -0.2) is 15.0 Å². The highest BCUT2D eigenvalue weighted by Gasteiger charge is 2.26. The highest BCUT2D eigenvalue weighted by atomic mass is 79.9. The molecule has 0 unspecified atom stereocenters. The summed E-state index contributed by atoms with van der Waals surface area (Å²) in [6, 6.07) is 0.559. The lowest BCUT2D eigenvalue weighted by atomic mass is 10.4. The lowest BCUT2D eigenvalue weighted by Gasteiger charge is -2.05. The van der Waals surface area contributed by atoms with E-state index in [1.54, 1.807) is 12.4 Å². The zero-order valence-electron chi connectivity index (χ0n) is 8.27. The summed E-state index contributed by atoms with van der Waals surface area (Å²) in [5, 5.41) is 0.425. The van der Waals surface area contributed by atoms with Crippen molar-refractivity contribution in [3.8, 4) is 11.5 Å². The van der Waals surface area contributed by atoms with Crippen LogP contribution in [0.3, 0.4) is 0 Å². The van der Waals surface area contributed by atoms with E-state index in [0.29, 0.717) is 21.5 Å². The van der Waals surface area contributed by atoms with E-state index in [9.17, 15) is 0 Å². The lowest BCUT2D eigenvalue weighted by Crippen LogP contribution is -1.98. The molecule has 16 heavy (non-hydrogen) atoms. The molecule has 0 atom stereocenters. The first-order valence-electron chi connectivity index (χ1n) is 4.96. The second-order valence-corrected chi connectivity index (χ2v) is 4.96. The van der Waals surface area contributed by atoms with E-state index in [-0.39, 0.29) is 0 Å². The van der Waals surface area contributed by atoms with Crippen LogP contribution in [0.4, 0.5) is 0 Å². The smallest absolute Gasteiger partial charge is 0.179 e. The van der Waals surface area contributed by atoms with Crippen molar-refractivity contribution in [1.29, 1.82) is 0 Å². The fraction of sp³-hybridized carbons (Fsp3) is 0.300. The summed E-state index contributed by atoms with van der Waals surface area (Å²) in [5.74, 6) is 0.623. The highest BCUT2D eigenvalue weighted by molar-refractivity contribution is 9.10. The number of aromatic nitrogens is 4. The fourth-order valence-corrected chi connectivity index (χ4v) is 1.91. The summed E-state index contributed by atoms with van der Waals surface area (Å²) in [6.07, 6.45) is 7.67. The summed E-state index contributed by atoms with van der Waals surface area (Å²) < 4.78 is 2.81. The maximum atomic E-state index is 5.95. The normalized spacial score (nSPS) is 15.4. The van der Waals surface area contributed by atoms with Gasteiger partial charge in [0.15, 0.2) is 5.82 Å². The molecular formula is C10H8BrClN4. The van der Waals surface area contributed by atoms with E-state index < -0.39 is 0 Å². The minimum atomic E-state index is 0.425. The Bertz CT molecular complexity index is 535. The Morgan fingerprint density at radius 3 is 2.88 bits per heavy atom. The highest BCUT2D eigenvalue weighted by Crippen LogP contribution is 2.37. The summed E-state index contributed by atoms with van der Waals surface area (Å²) >= 11 is 9.22. The zero-order valence-corrected chi connectivity index (χ0v) is 10.6. The molecule has 1 saturated carbocycles. The zero-order chi connectivity index (χ0) is 11.1. The second-order valence-electron chi connectivity index (χ2n) is 3.75. The average Bonchev–Trinajstić information content (AvgIpc) is 3.01. The molecular weight excluding hydrogens is 291 g/mol. The monoisotopic (exact) mass is 298 g/mol. The Kier molecular flexibility index (Phi) is 2.44. The molecule has 1 aliphatic rings. The molecule has 1 fully saturated rings. The van der Waals surface area contributed by atoms with E-state index in [1.807, 2.05) is 6.33 Å². The Balaban J connectivity index is 2.07. The number of halogens is 2. The number of rotatable bonds is 2. The fourth-order valence-electron chi connectivity index (χ4n) is 1.59. The van der Waals surface area contributed by atoms with Crippen LogP contribution in [-0.4, -0.2) is 19.5 Å². The number of hydrogen-bond acceptors (Lipinski definition) is 3. The van der Waals surface area contributed by atoms with Gasteiger partial charge in [0, 0.05) is 12.2 Å². The van der Waals surface area contributed by atoms with Crippen LogP contribution in [0.1, 0.15) is 18.9 Å². The average molecular weight is 300 g/mol. The first-order valence-corrected chi connectivity index (χ1v) is 6.13. The third kappa shape index (κ3) is 1.74. The summed E-state index contributed by atoms with van der Waals surface area (Å²) in [6.45, 7) is 0. The Morgan fingerprint density at radius 2 is 2.19 bits per heavy atom. The van der Waals surface area contributed by atoms with Gasteiger partial charge in [-0.1, -0.05) is 11.6 Å².